The highest BCUT2D eigenvalue weighted by molar-refractivity contribution is 5.07. The van der Waals surface area contributed by atoms with Crippen LogP contribution in [0.2, 0.25) is 0 Å². The predicted octanol–water partition coefficient (Wildman–Crippen LogP) is 1.84. The van der Waals surface area contributed by atoms with E-state index >= 15 is 0 Å². The summed E-state index contributed by atoms with van der Waals surface area (Å²) in [4.78, 5) is 5.70. The Kier molecular flexibility index (Phi) is 2.60. The molecule has 1 atom stereocenters. The quantitative estimate of drug-likeness (QED) is 0.752. The highest BCUT2D eigenvalue weighted by atomic mass is 19.4. The smallest absolute Gasteiger partial charge is 0.337 e. The molecule has 13 heavy (non-hydrogen) atoms. The van der Waals surface area contributed by atoms with E-state index in [0.29, 0.717) is 6.42 Å². The van der Waals surface area contributed by atoms with Gasteiger partial charge < -0.3 is 10.7 Å². The number of halogens is 3. The Balaban J connectivity index is 2.87. The van der Waals surface area contributed by atoms with Gasteiger partial charge in [-0.05, 0) is 6.42 Å². The number of nitrogens with two attached hydrogens (primary N) is 1. The Morgan fingerprint density at radius 3 is 2.62 bits per heavy atom. The molecular formula is C7H10F3N3. The van der Waals surface area contributed by atoms with Crippen LogP contribution in [0, 0.1) is 0 Å². The lowest BCUT2D eigenvalue weighted by Crippen LogP contribution is -2.11. The molecule has 1 aromatic heterocycles. The minimum absolute atomic E-state index is 0.176. The maximum Gasteiger partial charge on any atom is 0.432 e. The average Bonchev–Trinajstić information content (AvgIpc) is 2.50. The number of rotatable bonds is 2. The summed E-state index contributed by atoms with van der Waals surface area (Å²) in [5.74, 6) is 0.176. The summed E-state index contributed by atoms with van der Waals surface area (Å²) in [6.45, 7) is 1.78. The number of aromatic amines is 1. The molecule has 0 bridgehead atoms. The van der Waals surface area contributed by atoms with Crippen molar-refractivity contribution in [1.29, 1.82) is 0 Å². The number of hydrogen-bond donors (Lipinski definition) is 2. The molecule has 0 spiro atoms. The van der Waals surface area contributed by atoms with Gasteiger partial charge >= 0.3 is 6.18 Å². The molecule has 0 aliphatic heterocycles. The molecule has 1 heterocycles. The van der Waals surface area contributed by atoms with Crippen molar-refractivity contribution in [2.75, 3.05) is 0 Å². The second kappa shape index (κ2) is 3.37. The van der Waals surface area contributed by atoms with Crippen molar-refractivity contribution >= 4 is 0 Å². The minimum atomic E-state index is -4.38. The van der Waals surface area contributed by atoms with Crippen LogP contribution in [-0.4, -0.2) is 9.97 Å². The van der Waals surface area contributed by atoms with E-state index in [4.69, 9.17) is 5.73 Å². The van der Waals surface area contributed by atoms with E-state index in [1.807, 2.05) is 0 Å². The zero-order valence-electron chi connectivity index (χ0n) is 7.02. The molecule has 0 saturated heterocycles. The van der Waals surface area contributed by atoms with Gasteiger partial charge in [-0.2, -0.15) is 13.2 Å². The molecule has 3 N–H and O–H groups in total. The SMILES string of the molecule is CC[C@H](N)c1ncc(C(F)(F)F)[nH]1. The minimum Gasteiger partial charge on any atom is -0.337 e. The summed E-state index contributed by atoms with van der Waals surface area (Å²) >= 11 is 0. The molecule has 3 nitrogen and oxygen atoms in total. The normalized spacial score (nSPS) is 14.5. The van der Waals surface area contributed by atoms with E-state index in [0.717, 1.165) is 6.20 Å². The predicted molar refractivity (Wildman–Crippen MR) is 40.8 cm³/mol. The highest BCUT2D eigenvalue weighted by Crippen LogP contribution is 2.28. The van der Waals surface area contributed by atoms with E-state index in [9.17, 15) is 13.2 Å². The standard InChI is InChI=1S/C7H10F3N3/c1-2-4(11)6-12-3-5(13-6)7(8,9)10/h3-4H,2,11H2,1H3,(H,12,13)/t4-/m0/s1. The number of nitrogens with zero attached hydrogens (tertiary/aromatic N) is 1. The van der Waals surface area contributed by atoms with Crippen molar-refractivity contribution in [3.05, 3.63) is 17.7 Å². The number of imidazole rings is 1. The van der Waals surface area contributed by atoms with E-state index in [1.54, 1.807) is 6.92 Å². The van der Waals surface area contributed by atoms with Crippen LogP contribution in [0.1, 0.15) is 30.9 Å². The summed E-state index contributed by atoms with van der Waals surface area (Å²) in [5.41, 5.74) is 4.63. The lowest BCUT2D eigenvalue weighted by Gasteiger charge is -2.04. The summed E-state index contributed by atoms with van der Waals surface area (Å²) in [6.07, 6.45) is -3.08. The van der Waals surface area contributed by atoms with Crippen LogP contribution in [0.15, 0.2) is 6.20 Å². The molecule has 0 amide bonds. The summed E-state index contributed by atoms with van der Waals surface area (Å²) in [5, 5.41) is 0. The molecule has 74 valence electrons. The van der Waals surface area contributed by atoms with Crippen molar-refractivity contribution in [2.24, 2.45) is 5.73 Å². The number of H-pyrrole nitrogens is 1. The van der Waals surface area contributed by atoms with Gasteiger partial charge in [0.15, 0.2) is 0 Å². The van der Waals surface area contributed by atoms with Gasteiger partial charge in [-0.3, -0.25) is 0 Å². The molecular weight excluding hydrogens is 183 g/mol. The largest absolute Gasteiger partial charge is 0.432 e. The third kappa shape index (κ3) is 2.21. The van der Waals surface area contributed by atoms with Crippen LogP contribution in [-0.2, 0) is 6.18 Å². The van der Waals surface area contributed by atoms with E-state index < -0.39 is 17.9 Å². The number of alkyl halides is 3. The summed E-state index contributed by atoms with van der Waals surface area (Å²) < 4.78 is 36.2. The third-order valence-electron chi connectivity index (χ3n) is 1.69. The monoisotopic (exact) mass is 193 g/mol. The Bertz CT molecular complexity index is 279. The van der Waals surface area contributed by atoms with Crippen LogP contribution >= 0.6 is 0 Å². The topological polar surface area (TPSA) is 54.7 Å². The second-order valence-electron chi connectivity index (χ2n) is 2.69. The van der Waals surface area contributed by atoms with Crippen molar-refractivity contribution in [3.8, 4) is 0 Å². The highest BCUT2D eigenvalue weighted by Gasteiger charge is 2.33. The molecule has 0 aliphatic rings. The van der Waals surface area contributed by atoms with Gasteiger partial charge in [-0.25, -0.2) is 4.98 Å². The van der Waals surface area contributed by atoms with Gasteiger partial charge in [0.05, 0.1) is 12.2 Å². The number of nitrogens with one attached hydrogen (secondary N) is 1. The first-order chi connectivity index (χ1) is 5.95. The van der Waals surface area contributed by atoms with Crippen LogP contribution in [0.25, 0.3) is 0 Å². The average molecular weight is 193 g/mol. The maximum absolute atomic E-state index is 12.1. The molecule has 0 unspecified atom stereocenters. The molecule has 1 aromatic rings. The van der Waals surface area contributed by atoms with Gasteiger partial charge in [0, 0.05) is 0 Å². The van der Waals surface area contributed by atoms with Crippen LogP contribution in [0.3, 0.4) is 0 Å². The fraction of sp³-hybridized carbons (Fsp3) is 0.571. The molecule has 0 saturated carbocycles. The molecule has 0 aliphatic carbocycles. The maximum atomic E-state index is 12.1. The van der Waals surface area contributed by atoms with Gasteiger partial charge in [0.1, 0.15) is 11.5 Å². The zero-order chi connectivity index (χ0) is 10.1. The van der Waals surface area contributed by atoms with Gasteiger partial charge in [0.2, 0.25) is 0 Å². The Labute approximate surface area is 73.2 Å². The van der Waals surface area contributed by atoms with Gasteiger partial charge in [-0.15, -0.1) is 0 Å². The Hall–Kier alpha value is -1.04. The first kappa shape index (κ1) is 10.0. The zero-order valence-corrected chi connectivity index (χ0v) is 7.02. The Morgan fingerprint density at radius 1 is 1.62 bits per heavy atom. The van der Waals surface area contributed by atoms with Crippen molar-refractivity contribution in [2.45, 2.75) is 25.6 Å². The lowest BCUT2D eigenvalue weighted by atomic mass is 10.2. The van der Waals surface area contributed by atoms with Crippen LogP contribution < -0.4 is 5.73 Å². The van der Waals surface area contributed by atoms with Gasteiger partial charge in [-0.1, -0.05) is 6.92 Å². The van der Waals surface area contributed by atoms with E-state index in [-0.39, 0.29) is 5.82 Å². The number of aromatic nitrogens is 2. The first-order valence-corrected chi connectivity index (χ1v) is 3.82. The molecule has 0 radical (unpaired) electrons. The fourth-order valence-corrected chi connectivity index (χ4v) is 0.862. The van der Waals surface area contributed by atoms with Gasteiger partial charge in [0.25, 0.3) is 0 Å². The Morgan fingerprint density at radius 2 is 2.23 bits per heavy atom. The van der Waals surface area contributed by atoms with Crippen molar-refractivity contribution in [1.82, 2.24) is 9.97 Å². The summed E-state index contributed by atoms with van der Waals surface area (Å²) in [6, 6.07) is -0.462. The van der Waals surface area contributed by atoms with Crippen LogP contribution in [0.4, 0.5) is 13.2 Å². The molecule has 1 rings (SSSR count). The van der Waals surface area contributed by atoms with Crippen molar-refractivity contribution in [3.63, 3.8) is 0 Å². The lowest BCUT2D eigenvalue weighted by molar-refractivity contribution is -0.140. The second-order valence-corrected chi connectivity index (χ2v) is 2.69. The fourth-order valence-electron chi connectivity index (χ4n) is 0.862. The molecule has 0 fully saturated rings. The van der Waals surface area contributed by atoms with E-state index in [2.05, 4.69) is 9.97 Å². The molecule has 0 aromatic carbocycles. The van der Waals surface area contributed by atoms with Crippen molar-refractivity contribution < 1.29 is 13.2 Å². The first-order valence-electron chi connectivity index (χ1n) is 3.82. The number of hydrogen-bond acceptors (Lipinski definition) is 2. The van der Waals surface area contributed by atoms with Crippen LogP contribution in [0.5, 0.6) is 0 Å². The third-order valence-corrected chi connectivity index (χ3v) is 1.69. The van der Waals surface area contributed by atoms with E-state index in [1.165, 1.54) is 0 Å². The molecule has 6 heteroatoms. The summed E-state index contributed by atoms with van der Waals surface area (Å²) in [7, 11) is 0.